The third kappa shape index (κ3) is 12.0. The maximum Gasteiger partial charge on any atom is 0.426 e. The molecule has 0 saturated heterocycles. The lowest BCUT2D eigenvalue weighted by Crippen LogP contribution is -2.55. The van der Waals surface area contributed by atoms with Crippen molar-refractivity contribution in [2.75, 3.05) is 13.2 Å². The van der Waals surface area contributed by atoms with E-state index in [1.807, 2.05) is 91.0 Å². The van der Waals surface area contributed by atoms with Crippen molar-refractivity contribution in [1.82, 2.24) is 10.4 Å². The van der Waals surface area contributed by atoms with Crippen LogP contribution in [0.5, 0.6) is 0 Å². The Morgan fingerprint density at radius 3 is 1.74 bits per heavy atom. The summed E-state index contributed by atoms with van der Waals surface area (Å²) in [4.78, 5) is 25.2. The van der Waals surface area contributed by atoms with E-state index in [1.165, 1.54) is 6.92 Å². The highest BCUT2D eigenvalue weighted by Crippen LogP contribution is 2.18. The van der Waals surface area contributed by atoms with Crippen LogP contribution >= 0.6 is 0 Å². The first-order valence-corrected chi connectivity index (χ1v) is 14.0. The number of aliphatic hydroxyl groups is 1. The number of benzene rings is 3. The lowest BCUT2D eigenvalue weighted by Gasteiger charge is -2.34. The van der Waals surface area contributed by atoms with E-state index in [0.717, 1.165) is 21.7 Å². The van der Waals surface area contributed by atoms with Crippen molar-refractivity contribution in [3.63, 3.8) is 0 Å². The second-order valence-electron chi connectivity index (χ2n) is 10.9. The molecule has 226 valence electrons. The average Bonchev–Trinajstić information content (AvgIpc) is 2.96. The summed E-state index contributed by atoms with van der Waals surface area (Å²) in [6.07, 6.45) is -3.68. The number of rotatable bonds is 14. The van der Waals surface area contributed by atoms with Gasteiger partial charge in [-0.25, -0.2) is 15.2 Å². The van der Waals surface area contributed by atoms with Gasteiger partial charge in [0.1, 0.15) is 23.9 Å². The van der Waals surface area contributed by atoms with Crippen molar-refractivity contribution in [2.24, 2.45) is 0 Å². The van der Waals surface area contributed by atoms with E-state index in [0.29, 0.717) is 6.61 Å². The van der Waals surface area contributed by atoms with Crippen molar-refractivity contribution in [2.45, 2.75) is 71.4 Å². The van der Waals surface area contributed by atoms with E-state index >= 15 is 0 Å². The van der Waals surface area contributed by atoms with Gasteiger partial charge in [-0.15, -0.1) is 0 Å². The van der Waals surface area contributed by atoms with Crippen molar-refractivity contribution in [3.8, 4) is 0 Å². The maximum absolute atomic E-state index is 12.6. The smallest absolute Gasteiger partial charge is 0.426 e. The summed E-state index contributed by atoms with van der Waals surface area (Å²) < 4.78 is 23.8. The largest absolute Gasteiger partial charge is 0.443 e. The van der Waals surface area contributed by atoms with Gasteiger partial charge in [-0.05, 0) is 37.5 Å². The molecule has 0 unspecified atom stereocenters. The van der Waals surface area contributed by atoms with Gasteiger partial charge in [0.05, 0.1) is 33.0 Å². The molecule has 0 aliphatic heterocycles. The summed E-state index contributed by atoms with van der Waals surface area (Å²) in [5, 5.41) is 12.5. The Morgan fingerprint density at radius 2 is 1.26 bits per heavy atom. The monoisotopic (exact) mass is 578 g/mol. The number of amides is 2. The highest BCUT2D eigenvalue weighted by Gasteiger charge is 2.34. The van der Waals surface area contributed by atoms with Crippen LogP contribution in [0.15, 0.2) is 91.0 Å². The number of carbonyl (C=O) groups excluding carboxylic acids is 2. The molecule has 0 spiro atoms. The molecule has 0 saturated carbocycles. The Hall–Kier alpha value is -3.76. The third-order valence-corrected chi connectivity index (χ3v) is 6.11. The zero-order valence-corrected chi connectivity index (χ0v) is 24.8. The quantitative estimate of drug-likeness (QED) is 0.259. The van der Waals surface area contributed by atoms with E-state index in [2.05, 4.69) is 5.43 Å². The molecule has 0 heterocycles. The summed E-state index contributed by atoms with van der Waals surface area (Å²) in [6.45, 7) is 7.04. The fourth-order valence-electron chi connectivity index (χ4n) is 4.07. The molecule has 9 nitrogen and oxygen atoms in total. The number of ether oxygens (including phenoxy) is 4. The zero-order chi connectivity index (χ0) is 30.4. The van der Waals surface area contributed by atoms with Crippen LogP contribution in [-0.4, -0.2) is 59.2 Å². The minimum Gasteiger partial charge on any atom is -0.443 e. The standard InChI is InChI=1S/C33H42N2O7/c1-25(36)35(34-32(38)42-33(2,3)4)20-30(40-22-27-16-10-6-11-17-27)31(41-23-28-18-12-7-13-19-28)29(37)24-39-21-26-14-8-5-9-15-26/h5-19,29-31,37H,20-24H2,1-4H3,(H,34,38)/t29-,30+,31+/m1/s1. The van der Waals surface area contributed by atoms with Crippen molar-refractivity contribution < 1.29 is 33.6 Å². The van der Waals surface area contributed by atoms with Crippen LogP contribution in [0.25, 0.3) is 0 Å². The van der Waals surface area contributed by atoms with E-state index in [9.17, 15) is 14.7 Å². The number of aliphatic hydroxyl groups excluding tert-OH is 1. The number of hydrogen-bond donors (Lipinski definition) is 2. The molecule has 0 fully saturated rings. The summed E-state index contributed by atoms with van der Waals surface area (Å²) in [5.41, 5.74) is 4.51. The zero-order valence-electron chi connectivity index (χ0n) is 24.8. The van der Waals surface area contributed by atoms with Gasteiger partial charge in [0.2, 0.25) is 5.91 Å². The van der Waals surface area contributed by atoms with E-state index in [1.54, 1.807) is 20.8 Å². The van der Waals surface area contributed by atoms with Crippen molar-refractivity contribution in [1.29, 1.82) is 0 Å². The normalized spacial score (nSPS) is 13.5. The fourth-order valence-corrected chi connectivity index (χ4v) is 4.07. The first-order valence-electron chi connectivity index (χ1n) is 14.0. The molecule has 3 rings (SSSR count). The minimum absolute atomic E-state index is 0.0425. The summed E-state index contributed by atoms with van der Waals surface area (Å²) in [6, 6.07) is 28.7. The van der Waals surface area contributed by atoms with Gasteiger partial charge < -0.3 is 24.1 Å². The lowest BCUT2D eigenvalue weighted by molar-refractivity contribution is -0.160. The van der Waals surface area contributed by atoms with Crippen LogP contribution in [0.2, 0.25) is 0 Å². The first kappa shape index (κ1) is 32.8. The highest BCUT2D eigenvalue weighted by molar-refractivity contribution is 5.77. The van der Waals surface area contributed by atoms with Crippen molar-refractivity contribution in [3.05, 3.63) is 108 Å². The molecule has 3 aromatic carbocycles. The van der Waals surface area contributed by atoms with Crippen LogP contribution in [0.4, 0.5) is 4.79 Å². The van der Waals surface area contributed by atoms with Gasteiger partial charge in [-0.1, -0.05) is 91.0 Å². The Kier molecular flexibility index (Phi) is 13.0. The Morgan fingerprint density at radius 1 is 0.786 bits per heavy atom. The molecular formula is C33H42N2O7. The van der Waals surface area contributed by atoms with Gasteiger partial charge >= 0.3 is 6.09 Å². The molecular weight excluding hydrogens is 536 g/mol. The highest BCUT2D eigenvalue weighted by atomic mass is 16.6. The van der Waals surface area contributed by atoms with Gasteiger partial charge in [0, 0.05) is 6.92 Å². The van der Waals surface area contributed by atoms with Crippen molar-refractivity contribution >= 4 is 12.0 Å². The van der Waals surface area contributed by atoms with Crippen LogP contribution in [0, 0.1) is 0 Å². The number of hydrazine groups is 1. The van der Waals surface area contributed by atoms with Gasteiger partial charge in [0.25, 0.3) is 0 Å². The Balaban J connectivity index is 1.83. The third-order valence-electron chi connectivity index (χ3n) is 6.11. The molecule has 2 amide bonds. The summed E-state index contributed by atoms with van der Waals surface area (Å²) >= 11 is 0. The first-order chi connectivity index (χ1) is 20.1. The fraction of sp³-hybridized carbons (Fsp3) is 0.394. The molecule has 0 aromatic heterocycles. The molecule has 2 N–H and O–H groups in total. The Bertz CT molecular complexity index is 1200. The number of carbonyl (C=O) groups is 2. The van der Waals surface area contributed by atoms with Crippen LogP contribution in [0.3, 0.4) is 0 Å². The van der Waals surface area contributed by atoms with Gasteiger partial charge in [0.15, 0.2) is 0 Å². The molecule has 9 heteroatoms. The number of nitrogens with one attached hydrogen (secondary N) is 1. The van der Waals surface area contributed by atoms with Gasteiger partial charge in [-0.3, -0.25) is 4.79 Å². The Labute approximate surface area is 248 Å². The molecule has 0 aliphatic carbocycles. The molecule has 42 heavy (non-hydrogen) atoms. The van der Waals surface area contributed by atoms with Crippen LogP contribution in [0.1, 0.15) is 44.4 Å². The predicted molar refractivity (Wildman–Crippen MR) is 159 cm³/mol. The topological polar surface area (TPSA) is 107 Å². The molecule has 3 atom stereocenters. The summed E-state index contributed by atoms with van der Waals surface area (Å²) in [7, 11) is 0. The SMILES string of the molecule is CC(=O)N(C[C@H](OCc1ccccc1)[C@@H](OCc1ccccc1)[C@H](O)COCc1ccccc1)NC(=O)OC(C)(C)C. The van der Waals surface area contributed by atoms with Gasteiger partial charge in [-0.2, -0.15) is 0 Å². The number of hydrogen-bond acceptors (Lipinski definition) is 7. The van der Waals surface area contributed by atoms with E-state index in [-0.39, 0.29) is 26.4 Å². The predicted octanol–water partition coefficient (Wildman–Crippen LogP) is 5.02. The van der Waals surface area contributed by atoms with E-state index in [4.69, 9.17) is 18.9 Å². The van der Waals surface area contributed by atoms with Crippen LogP contribution in [-0.2, 0) is 43.6 Å². The molecule has 0 aliphatic rings. The lowest BCUT2D eigenvalue weighted by atomic mass is 10.1. The second kappa shape index (κ2) is 16.6. The second-order valence-corrected chi connectivity index (χ2v) is 10.9. The minimum atomic E-state index is -1.12. The molecule has 0 bridgehead atoms. The van der Waals surface area contributed by atoms with E-state index < -0.39 is 35.9 Å². The number of nitrogens with zero attached hydrogens (tertiary/aromatic N) is 1. The summed E-state index contributed by atoms with van der Waals surface area (Å²) in [5.74, 6) is -0.439. The maximum atomic E-state index is 12.6. The average molecular weight is 579 g/mol. The van der Waals surface area contributed by atoms with Crippen LogP contribution < -0.4 is 5.43 Å². The molecule has 3 aromatic rings. The molecule has 0 radical (unpaired) electrons.